The average molecular weight is 318 g/mol. The minimum Gasteiger partial charge on any atom is -0.384 e. The van der Waals surface area contributed by atoms with Crippen LogP contribution >= 0.6 is 11.3 Å². The van der Waals surface area contributed by atoms with E-state index in [4.69, 9.17) is 5.11 Å². The van der Waals surface area contributed by atoms with Gasteiger partial charge in [0, 0.05) is 48.5 Å². The van der Waals surface area contributed by atoms with Crippen LogP contribution in [0.5, 0.6) is 0 Å². The lowest BCUT2D eigenvalue weighted by Gasteiger charge is -2.34. The van der Waals surface area contributed by atoms with E-state index in [1.54, 1.807) is 11.3 Å². The molecular weight excluding hydrogens is 301 g/mol. The molecular formula is C14H17F3N2OS. The van der Waals surface area contributed by atoms with E-state index in [1.165, 1.54) is 4.90 Å². The highest BCUT2D eigenvalue weighted by Crippen LogP contribution is 2.20. The molecule has 0 aromatic carbocycles. The molecule has 7 heteroatoms. The molecule has 1 aromatic heterocycles. The molecule has 3 nitrogen and oxygen atoms in total. The van der Waals surface area contributed by atoms with E-state index in [1.807, 2.05) is 11.4 Å². The Labute approximate surface area is 126 Å². The van der Waals surface area contributed by atoms with Gasteiger partial charge in [0.15, 0.2) is 0 Å². The fourth-order valence-electron chi connectivity index (χ4n) is 2.25. The van der Waals surface area contributed by atoms with Crippen molar-refractivity contribution in [2.75, 3.05) is 39.3 Å². The van der Waals surface area contributed by atoms with Crippen molar-refractivity contribution in [1.29, 1.82) is 0 Å². The van der Waals surface area contributed by atoms with E-state index >= 15 is 0 Å². The summed E-state index contributed by atoms with van der Waals surface area (Å²) in [6.07, 6.45) is -4.11. The maximum absolute atomic E-state index is 12.3. The summed E-state index contributed by atoms with van der Waals surface area (Å²) in [5.41, 5.74) is 0.875. The first-order chi connectivity index (χ1) is 9.96. The standard InChI is InChI=1S/C14H17F3N2OS/c15-14(16,17)11-19-5-3-18(4-6-19)9-13-8-12(10-21-13)2-1-7-20/h8,10,20H,3-7,9,11H2. The van der Waals surface area contributed by atoms with Crippen LogP contribution < -0.4 is 0 Å². The number of nitrogens with zero attached hydrogens (tertiary/aromatic N) is 2. The van der Waals surface area contributed by atoms with Gasteiger partial charge in [0.1, 0.15) is 6.61 Å². The van der Waals surface area contributed by atoms with Gasteiger partial charge in [-0.2, -0.15) is 13.2 Å². The molecule has 0 atom stereocenters. The Morgan fingerprint density at radius 2 is 1.86 bits per heavy atom. The number of aliphatic hydroxyl groups is 1. The average Bonchev–Trinajstić information content (AvgIpc) is 2.85. The Bertz CT molecular complexity index is 510. The number of hydrogen-bond donors (Lipinski definition) is 1. The van der Waals surface area contributed by atoms with Crippen molar-refractivity contribution < 1.29 is 18.3 Å². The van der Waals surface area contributed by atoms with Crippen LogP contribution in [0.2, 0.25) is 0 Å². The quantitative estimate of drug-likeness (QED) is 0.861. The molecule has 0 spiro atoms. The highest BCUT2D eigenvalue weighted by atomic mass is 32.1. The van der Waals surface area contributed by atoms with Crippen LogP contribution in [0, 0.1) is 11.8 Å². The minimum absolute atomic E-state index is 0.160. The van der Waals surface area contributed by atoms with Gasteiger partial charge in [-0.05, 0) is 6.07 Å². The zero-order valence-electron chi connectivity index (χ0n) is 11.5. The third-order valence-electron chi connectivity index (χ3n) is 3.21. The van der Waals surface area contributed by atoms with Gasteiger partial charge in [-0.3, -0.25) is 9.80 Å². The molecule has 21 heavy (non-hydrogen) atoms. The first-order valence-corrected chi connectivity index (χ1v) is 7.53. The molecule has 116 valence electrons. The van der Waals surface area contributed by atoms with Crippen LogP contribution in [0.15, 0.2) is 11.4 Å². The molecule has 0 bridgehead atoms. The molecule has 1 aromatic rings. The van der Waals surface area contributed by atoms with E-state index in [0.717, 1.165) is 17.0 Å². The molecule has 1 N–H and O–H groups in total. The smallest absolute Gasteiger partial charge is 0.384 e. The van der Waals surface area contributed by atoms with Crippen LogP contribution in [0.25, 0.3) is 0 Å². The Balaban J connectivity index is 1.79. The van der Waals surface area contributed by atoms with Crippen molar-refractivity contribution in [3.8, 4) is 11.8 Å². The zero-order chi connectivity index (χ0) is 15.3. The monoisotopic (exact) mass is 318 g/mol. The second-order valence-corrected chi connectivity index (χ2v) is 5.92. The van der Waals surface area contributed by atoms with Crippen molar-refractivity contribution in [3.05, 3.63) is 21.9 Å². The van der Waals surface area contributed by atoms with Crippen molar-refractivity contribution in [2.24, 2.45) is 0 Å². The van der Waals surface area contributed by atoms with E-state index in [-0.39, 0.29) is 6.61 Å². The highest BCUT2D eigenvalue weighted by molar-refractivity contribution is 7.10. The normalized spacial score (nSPS) is 17.5. The molecule has 1 fully saturated rings. The summed E-state index contributed by atoms with van der Waals surface area (Å²) in [5, 5.41) is 10.6. The predicted octanol–water partition coefficient (Wildman–Crippen LogP) is 1.77. The van der Waals surface area contributed by atoms with Crippen LogP contribution in [-0.4, -0.2) is 60.4 Å². The molecule has 1 aliphatic rings. The number of piperazine rings is 1. The van der Waals surface area contributed by atoms with Gasteiger partial charge in [-0.25, -0.2) is 0 Å². The Morgan fingerprint density at radius 3 is 2.48 bits per heavy atom. The van der Waals surface area contributed by atoms with Gasteiger partial charge in [0.25, 0.3) is 0 Å². The predicted molar refractivity (Wildman–Crippen MR) is 76.1 cm³/mol. The van der Waals surface area contributed by atoms with Crippen molar-refractivity contribution in [2.45, 2.75) is 12.7 Å². The molecule has 2 heterocycles. The van der Waals surface area contributed by atoms with E-state index in [9.17, 15) is 13.2 Å². The number of halogens is 3. The topological polar surface area (TPSA) is 26.7 Å². The third-order valence-corrected chi connectivity index (χ3v) is 4.13. The Morgan fingerprint density at radius 1 is 1.19 bits per heavy atom. The zero-order valence-corrected chi connectivity index (χ0v) is 12.3. The van der Waals surface area contributed by atoms with Crippen LogP contribution in [0.1, 0.15) is 10.4 Å². The Kier molecular flexibility index (Phi) is 5.65. The van der Waals surface area contributed by atoms with Crippen molar-refractivity contribution >= 4 is 11.3 Å². The molecule has 0 aliphatic carbocycles. The van der Waals surface area contributed by atoms with Crippen LogP contribution in [0.3, 0.4) is 0 Å². The molecule has 2 rings (SSSR count). The lowest BCUT2D eigenvalue weighted by Crippen LogP contribution is -2.48. The lowest BCUT2D eigenvalue weighted by atomic mass is 10.2. The molecule has 0 saturated carbocycles. The summed E-state index contributed by atoms with van der Waals surface area (Å²) in [5.74, 6) is 5.44. The van der Waals surface area contributed by atoms with Crippen LogP contribution in [-0.2, 0) is 6.54 Å². The first kappa shape index (κ1) is 16.3. The van der Waals surface area contributed by atoms with E-state index in [2.05, 4.69) is 16.7 Å². The van der Waals surface area contributed by atoms with Crippen molar-refractivity contribution in [3.63, 3.8) is 0 Å². The number of aliphatic hydroxyl groups excluding tert-OH is 1. The maximum atomic E-state index is 12.3. The van der Waals surface area contributed by atoms with Gasteiger partial charge in [-0.1, -0.05) is 11.8 Å². The van der Waals surface area contributed by atoms with Gasteiger partial charge in [0.2, 0.25) is 0 Å². The summed E-state index contributed by atoms with van der Waals surface area (Å²) in [4.78, 5) is 4.74. The SMILES string of the molecule is OCC#Cc1csc(CN2CCN(CC(F)(F)F)CC2)c1. The number of thiophene rings is 1. The molecule has 0 unspecified atom stereocenters. The van der Waals surface area contributed by atoms with E-state index < -0.39 is 12.7 Å². The summed E-state index contributed by atoms with van der Waals surface area (Å²) < 4.78 is 36.9. The maximum Gasteiger partial charge on any atom is 0.401 e. The molecule has 1 aliphatic heterocycles. The second-order valence-electron chi connectivity index (χ2n) is 4.93. The molecule has 0 amide bonds. The third kappa shape index (κ3) is 5.67. The summed E-state index contributed by atoms with van der Waals surface area (Å²) >= 11 is 1.59. The summed E-state index contributed by atoms with van der Waals surface area (Å²) in [7, 11) is 0. The van der Waals surface area contributed by atoms with Gasteiger partial charge in [0.05, 0.1) is 6.54 Å². The van der Waals surface area contributed by atoms with Crippen LogP contribution in [0.4, 0.5) is 13.2 Å². The molecule has 1 saturated heterocycles. The van der Waals surface area contributed by atoms with Gasteiger partial charge < -0.3 is 5.11 Å². The highest BCUT2D eigenvalue weighted by Gasteiger charge is 2.32. The number of alkyl halides is 3. The Hall–Kier alpha value is -1.07. The second kappa shape index (κ2) is 7.27. The molecule has 0 radical (unpaired) electrons. The summed E-state index contributed by atoms with van der Waals surface area (Å²) in [6.45, 7) is 1.94. The fourth-order valence-corrected chi connectivity index (χ4v) is 3.11. The summed E-state index contributed by atoms with van der Waals surface area (Å²) in [6, 6.07) is 1.97. The van der Waals surface area contributed by atoms with Gasteiger partial charge in [-0.15, -0.1) is 11.3 Å². The van der Waals surface area contributed by atoms with Gasteiger partial charge >= 0.3 is 6.18 Å². The number of hydrogen-bond acceptors (Lipinski definition) is 4. The fraction of sp³-hybridized carbons (Fsp3) is 0.571. The lowest BCUT2D eigenvalue weighted by molar-refractivity contribution is -0.149. The van der Waals surface area contributed by atoms with E-state index in [0.29, 0.717) is 26.2 Å². The first-order valence-electron chi connectivity index (χ1n) is 6.65. The number of rotatable bonds is 3. The van der Waals surface area contributed by atoms with Crippen molar-refractivity contribution in [1.82, 2.24) is 9.80 Å². The largest absolute Gasteiger partial charge is 0.401 e. The minimum atomic E-state index is -4.11.